The molecule has 0 bridgehead atoms. The van der Waals surface area contributed by atoms with E-state index in [1.807, 2.05) is 11.4 Å². The highest BCUT2D eigenvalue weighted by Crippen LogP contribution is 2.29. The van der Waals surface area contributed by atoms with E-state index in [4.69, 9.17) is 4.99 Å². The van der Waals surface area contributed by atoms with E-state index >= 15 is 0 Å². The van der Waals surface area contributed by atoms with Crippen molar-refractivity contribution in [3.05, 3.63) is 22.4 Å². The molecule has 2 aliphatic rings. The van der Waals surface area contributed by atoms with Crippen molar-refractivity contribution in [2.75, 3.05) is 31.1 Å². The average molecular weight is 527 g/mol. The standard InChI is InChI=1S/C18H29N3O3S2.HI/c1-18(2)13-21(7-5-16(18)22)17(20-11-15-4-3-8-25-15)19-10-14-6-9-26(23,24)12-14;/h3-4,8,14,16,22H,5-7,9-13H2,1-2H3,(H,19,20);1H. The van der Waals surface area contributed by atoms with E-state index in [0.29, 0.717) is 25.3 Å². The molecule has 27 heavy (non-hydrogen) atoms. The molecule has 0 spiro atoms. The first-order chi connectivity index (χ1) is 12.3. The topological polar surface area (TPSA) is 82.0 Å². The first kappa shape index (κ1) is 22.9. The number of aliphatic hydroxyl groups is 1. The lowest BCUT2D eigenvalue weighted by Crippen LogP contribution is -2.54. The van der Waals surface area contributed by atoms with Crippen molar-refractivity contribution in [1.29, 1.82) is 0 Å². The van der Waals surface area contributed by atoms with Gasteiger partial charge in [-0.2, -0.15) is 0 Å². The number of rotatable bonds is 4. The normalized spacial score (nSPS) is 27.2. The first-order valence-electron chi connectivity index (χ1n) is 9.19. The fourth-order valence-electron chi connectivity index (χ4n) is 3.62. The van der Waals surface area contributed by atoms with Crippen LogP contribution in [0.4, 0.5) is 0 Å². The Labute approximate surface area is 183 Å². The molecule has 3 rings (SSSR count). The second-order valence-corrected chi connectivity index (χ2v) is 11.3. The third kappa shape index (κ3) is 6.30. The van der Waals surface area contributed by atoms with Crippen LogP contribution in [0.25, 0.3) is 0 Å². The molecule has 0 aromatic carbocycles. The zero-order valence-electron chi connectivity index (χ0n) is 15.9. The lowest BCUT2D eigenvalue weighted by Gasteiger charge is -2.43. The largest absolute Gasteiger partial charge is 0.392 e. The minimum Gasteiger partial charge on any atom is -0.392 e. The molecule has 0 amide bonds. The molecular weight excluding hydrogens is 497 g/mol. The number of thiophene rings is 1. The van der Waals surface area contributed by atoms with E-state index in [-0.39, 0.29) is 47.2 Å². The summed E-state index contributed by atoms with van der Waals surface area (Å²) >= 11 is 1.68. The van der Waals surface area contributed by atoms with Gasteiger partial charge in [-0.05, 0) is 30.2 Å². The van der Waals surface area contributed by atoms with E-state index in [0.717, 1.165) is 25.5 Å². The van der Waals surface area contributed by atoms with E-state index in [1.54, 1.807) is 11.3 Å². The van der Waals surface area contributed by atoms with Crippen molar-refractivity contribution < 1.29 is 13.5 Å². The summed E-state index contributed by atoms with van der Waals surface area (Å²) in [6.07, 6.45) is 1.12. The molecule has 2 N–H and O–H groups in total. The van der Waals surface area contributed by atoms with E-state index in [1.165, 1.54) is 4.88 Å². The first-order valence-corrected chi connectivity index (χ1v) is 11.9. The fraction of sp³-hybridized carbons (Fsp3) is 0.722. The van der Waals surface area contributed by atoms with Crippen LogP contribution in [-0.4, -0.2) is 61.6 Å². The lowest BCUT2D eigenvalue weighted by atomic mass is 9.81. The molecule has 9 heteroatoms. The number of aliphatic hydroxyl groups excluding tert-OH is 1. The Morgan fingerprint density at radius 2 is 2.22 bits per heavy atom. The van der Waals surface area contributed by atoms with Crippen molar-refractivity contribution >= 4 is 51.1 Å². The van der Waals surface area contributed by atoms with Crippen molar-refractivity contribution in [3.8, 4) is 0 Å². The summed E-state index contributed by atoms with van der Waals surface area (Å²) in [5, 5.41) is 15.7. The van der Waals surface area contributed by atoms with Crippen LogP contribution in [0.2, 0.25) is 0 Å². The van der Waals surface area contributed by atoms with Gasteiger partial charge in [0.25, 0.3) is 0 Å². The average Bonchev–Trinajstić information content (AvgIpc) is 3.19. The van der Waals surface area contributed by atoms with Gasteiger partial charge in [0.2, 0.25) is 0 Å². The highest BCUT2D eigenvalue weighted by Gasteiger charge is 2.36. The van der Waals surface area contributed by atoms with Gasteiger partial charge in [-0.25, -0.2) is 13.4 Å². The van der Waals surface area contributed by atoms with Crippen LogP contribution in [0.3, 0.4) is 0 Å². The molecule has 1 aromatic rings. The van der Waals surface area contributed by atoms with Gasteiger partial charge in [0.05, 0.1) is 24.2 Å². The maximum Gasteiger partial charge on any atom is 0.194 e. The van der Waals surface area contributed by atoms with Gasteiger partial charge in [0, 0.05) is 29.9 Å². The van der Waals surface area contributed by atoms with Crippen LogP contribution in [0.15, 0.2) is 22.5 Å². The molecule has 0 saturated carbocycles. The molecule has 1 aromatic heterocycles. The van der Waals surface area contributed by atoms with E-state index in [2.05, 4.69) is 30.1 Å². The number of nitrogens with one attached hydrogen (secondary N) is 1. The third-order valence-corrected chi connectivity index (χ3v) is 8.01. The molecule has 2 saturated heterocycles. The van der Waals surface area contributed by atoms with E-state index < -0.39 is 9.84 Å². The van der Waals surface area contributed by atoms with E-state index in [9.17, 15) is 13.5 Å². The van der Waals surface area contributed by atoms with Crippen LogP contribution >= 0.6 is 35.3 Å². The lowest BCUT2D eigenvalue weighted by molar-refractivity contribution is -0.00507. The number of sulfone groups is 1. The Balaban J connectivity index is 0.00000261. The quantitative estimate of drug-likeness (QED) is 0.357. The zero-order valence-corrected chi connectivity index (χ0v) is 19.9. The number of likely N-dealkylation sites (tertiary alicyclic amines) is 1. The van der Waals surface area contributed by atoms with Gasteiger partial charge >= 0.3 is 0 Å². The number of hydrogen-bond acceptors (Lipinski definition) is 5. The van der Waals surface area contributed by atoms with Crippen LogP contribution in [-0.2, 0) is 16.4 Å². The second-order valence-electron chi connectivity index (χ2n) is 8.08. The molecule has 6 nitrogen and oxygen atoms in total. The Morgan fingerprint density at radius 1 is 1.44 bits per heavy atom. The number of halogens is 1. The Kier molecular flexibility index (Phi) is 7.98. The SMILES string of the molecule is CC1(C)CN(C(=NCc2cccs2)NCC2CCS(=O)(=O)C2)CCC1O.I. The molecule has 0 aliphatic carbocycles. The van der Waals surface area contributed by atoms with Gasteiger partial charge in [-0.15, -0.1) is 35.3 Å². The molecule has 154 valence electrons. The van der Waals surface area contributed by atoms with Crippen LogP contribution < -0.4 is 5.32 Å². The Morgan fingerprint density at radius 3 is 2.81 bits per heavy atom. The van der Waals surface area contributed by atoms with Gasteiger partial charge in [-0.3, -0.25) is 0 Å². The molecule has 0 radical (unpaired) electrons. The van der Waals surface area contributed by atoms with Gasteiger partial charge in [0.1, 0.15) is 0 Å². The van der Waals surface area contributed by atoms with Crippen LogP contribution in [0.1, 0.15) is 31.6 Å². The maximum atomic E-state index is 11.7. The molecule has 2 fully saturated rings. The molecule has 2 aliphatic heterocycles. The molecule has 2 unspecified atom stereocenters. The van der Waals surface area contributed by atoms with Crippen LogP contribution in [0, 0.1) is 11.3 Å². The van der Waals surface area contributed by atoms with Crippen molar-refractivity contribution in [2.45, 2.75) is 39.3 Å². The maximum absolute atomic E-state index is 11.7. The fourth-order valence-corrected chi connectivity index (χ4v) is 6.11. The van der Waals surface area contributed by atoms with Crippen molar-refractivity contribution in [2.24, 2.45) is 16.3 Å². The highest BCUT2D eigenvalue weighted by atomic mass is 127. The summed E-state index contributed by atoms with van der Waals surface area (Å²) in [5.41, 5.74) is -0.194. The van der Waals surface area contributed by atoms with Crippen molar-refractivity contribution in [3.63, 3.8) is 0 Å². The number of hydrogen-bond donors (Lipinski definition) is 2. The third-order valence-electron chi connectivity index (χ3n) is 5.31. The molecule has 2 atom stereocenters. The summed E-state index contributed by atoms with van der Waals surface area (Å²) in [7, 11) is -2.87. The van der Waals surface area contributed by atoms with Gasteiger partial charge in [0.15, 0.2) is 15.8 Å². The summed E-state index contributed by atoms with van der Waals surface area (Å²) in [4.78, 5) is 8.18. The zero-order chi connectivity index (χ0) is 18.8. The Bertz CT molecular complexity index is 735. The number of aliphatic imine (C=N–C) groups is 1. The minimum absolute atomic E-state index is 0. The number of nitrogens with zero attached hydrogens (tertiary/aromatic N) is 2. The predicted molar refractivity (Wildman–Crippen MR) is 122 cm³/mol. The summed E-state index contributed by atoms with van der Waals surface area (Å²) in [5.74, 6) is 1.53. The number of guanidine groups is 1. The predicted octanol–water partition coefficient (Wildman–Crippen LogP) is 2.34. The highest BCUT2D eigenvalue weighted by molar-refractivity contribution is 14.0. The smallest absolute Gasteiger partial charge is 0.194 e. The molecule has 3 heterocycles. The second kappa shape index (κ2) is 9.41. The number of piperidine rings is 1. The summed E-state index contributed by atoms with van der Waals surface area (Å²) < 4.78 is 23.4. The monoisotopic (exact) mass is 527 g/mol. The van der Waals surface area contributed by atoms with Gasteiger partial charge < -0.3 is 15.3 Å². The Hall–Kier alpha value is -0.390. The summed E-state index contributed by atoms with van der Waals surface area (Å²) in [6, 6.07) is 4.09. The minimum atomic E-state index is -2.87. The summed E-state index contributed by atoms with van der Waals surface area (Å²) in [6.45, 7) is 6.87. The van der Waals surface area contributed by atoms with Crippen LogP contribution in [0.5, 0.6) is 0 Å². The molecular formula is C18H30IN3O3S2. The van der Waals surface area contributed by atoms with Crippen molar-refractivity contribution in [1.82, 2.24) is 10.2 Å². The van der Waals surface area contributed by atoms with Gasteiger partial charge in [-0.1, -0.05) is 19.9 Å².